The minimum absolute atomic E-state index is 0.0137. The number of aryl methyl sites for hydroxylation is 2. The van der Waals surface area contributed by atoms with Crippen LogP contribution in [0.2, 0.25) is 0 Å². The summed E-state index contributed by atoms with van der Waals surface area (Å²) in [6.07, 6.45) is 4.18. The van der Waals surface area contributed by atoms with Gasteiger partial charge in [0.2, 0.25) is 5.95 Å². The molecule has 1 N–H and O–H groups in total. The SMILES string of the molecule is Cc1noc(C)c1CC(C)NC(=O)N1CCN(c2ncccn2)CC1. The zero-order valence-electron chi connectivity index (χ0n) is 14.9. The number of rotatable bonds is 4. The van der Waals surface area contributed by atoms with Gasteiger partial charge in [-0.1, -0.05) is 5.16 Å². The van der Waals surface area contributed by atoms with Crippen molar-refractivity contribution >= 4 is 12.0 Å². The second kappa shape index (κ2) is 7.50. The molecule has 0 bridgehead atoms. The predicted molar refractivity (Wildman–Crippen MR) is 93.5 cm³/mol. The van der Waals surface area contributed by atoms with E-state index < -0.39 is 0 Å². The number of hydrogen-bond acceptors (Lipinski definition) is 6. The Balaban J connectivity index is 1.49. The molecule has 3 rings (SSSR count). The van der Waals surface area contributed by atoms with Gasteiger partial charge >= 0.3 is 6.03 Å². The Morgan fingerprint density at radius 3 is 2.52 bits per heavy atom. The molecule has 25 heavy (non-hydrogen) atoms. The number of piperazine rings is 1. The Morgan fingerprint density at radius 2 is 1.92 bits per heavy atom. The third-order valence-electron chi connectivity index (χ3n) is 4.46. The summed E-state index contributed by atoms with van der Waals surface area (Å²) in [6, 6.07) is 1.78. The molecule has 0 radical (unpaired) electrons. The zero-order chi connectivity index (χ0) is 17.8. The van der Waals surface area contributed by atoms with Gasteiger partial charge in [0, 0.05) is 50.2 Å². The summed E-state index contributed by atoms with van der Waals surface area (Å²) >= 11 is 0. The number of carbonyl (C=O) groups is 1. The van der Waals surface area contributed by atoms with Gasteiger partial charge in [0.25, 0.3) is 0 Å². The number of nitrogens with zero attached hydrogens (tertiary/aromatic N) is 5. The van der Waals surface area contributed by atoms with Gasteiger partial charge in [0.05, 0.1) is 5.69 Å². The highest BCUT2D eigenvalue weighted by Crippen LogP contribution is 2.15. The van der Waals surface area contributed by atoms with Crippen LogP contribution in [-0.4, -0.2) is 58.3 Å². The predicted octanol–water partition coefficient (Wildman–Crippen LogP) is 1.54. The second-order valence-corrected chi connectivity index (χ2v) is 6.38. The summed E-state index contributed by atoms with van der Waals surface area (Å²) in [6.45, 7) is 8.59. The van der Waals surface area contributed by atoms with Crippen molar-refractivity contribution in [2.75, 3.05) is 31.1 Å². The lowest BCUT2D eigenvalue weighted by molar-refractivity contribution is 0.190. The molecule has 1 saturated heterocycles. The zero-order valence-corrected chi connectivity index (χ0v) is 14.9. The monoisotopic (exact) mass is 344 g/mol. The van der Waals surface area contributed by atoms with Crippen molar-refractivity contribution in [2.45, 2.75) is 33.2 Å². The highest BCUT2D eigenvalue weighted by Gasteiger charge is 2.23. The molecule has 1 unspecified atom stereocenters. The molecular weight excluding hydrogens is 320 g/mol. The molecule has 0 spiro atoms. The van der Waals surface area contributed by atoms with Crippen LogP contribution in [0.15, 0.2) is 23.0 Å². The van der Waals surface area contributed by atoms with Gasteiger partial charge in [-0.05, 0) is 33.3 Å². The number of hydrogen-bond donors (Lipinski definition) is 1. The number of amides is 2. The summed E-state index contributed by atoms with van der Waals surface area (Å²) in [5, 5.41) is 7.02. The Kier molecular flexibility index (Phi) is 5.16. The Morgan fingerprint density at radius 1 is 1.24 bits per heavy atom. The summed E-state index contributed by atoms with van der Waals surface area (Å²) < 4.78 is 5.18. The molecule has 0 aromatic carbocycles. The number of aromatic nitrogens is 3. The van der Waals surface area contributed by atoms with Crippen LogP contribution in [0.4, 0.5) is 10.7 Å². The fraction of sp³-hybridized carbons (Fsp3) is 0.529. The number of carbonyl (C=O) groups excluding carboxylic acids is 1. The van der Waals surface area contributed by atoms with Gasteiger partial charge in [-0.15, -0.1) is 0 Å². The second-order valence-electron chi connectivity index (χ2n) is 6.38. The van der Waals surface area contributed by atoms with E-state index in [-0.39, 0.29) is 12.1 Å². The van der Waals surface area contributed by atoms with Crippen LogP contribution < -0.4 is 10.2 Å². The van der Waals surface area contributed by atoms with Gasteiger partial charge in [-0.3, -0.25) is 0 Å². The average Bonchev–Trinajstić information content (AvgIpc) is 2.94. The van der Waals surface area contributed by atoms with E-state index in [9.17, 15) is 4.79 Å². The number of urea groups is 1. The van der Waals surface area contributed by atoms with Gasteiger partial charge in [-0.25, -0.2) is 14.8 Å². The number of nitrogens with one attached hydrogen (secondary N) is 1. The first-order valence-corrected chi connectivity index (χ1v) is 8.53. The molecule has 8 nitrogen and oxygen atoms in total. The van der Waals surface area contributed by atoms with Crippen LogP contribution >= 0.6 is 0 Å². The van der Waals surface area contributed by atoms with Gasteiger partial charge in [0.15, 0.2) is 0 Å². The van der Waals surface area contributed by atoms with E-state index in [0.29, 0.717) is 25.5 Å². The average molecular weight is 344 g/mol. The fourth-order valence-corrected chi connectivity index (χ4v) is 3.02. The Bertz CT molecular complexity index is 690. The molecule has 2 aromatic rings. The highest BCUT2D eigenvalue weighted by molar-refractivity contribution is 5.74. The number of anilines is 1. The first kappa shape index (κ1) is 17.2. The van der Waals surface area contributed by atoms with Crippen molar-refractivity contribution in [2.24, 2.45) is 0 Å². The minimum atomic E-state index is -0.0344. The molecular formula is C17H24N6O2. The third kappa shape index (κ3) is 4.07. The van der Waals surface area contributed by atoms with Crippen LogP contribution in [0.3, 0.4) is 0 Å². The normalized spacial score (nSPS) is 16.0. The van der Waals surface area contributed by atoms with E-state index in [1.165, 1.54) is 0 Å². The lowest BCUT2D eigenvalue weighted by Crippen LogP contribution is -2.53. The fourth-order valence-electron chi connectivity index (χ4n) is 3.02. The van der Waals surface area contributed by atoms with E-state index >= 15 is 0 Å². The van der Waals surface area contributed by atoms with Crippen molar-refractivity contribution in [1.82, 2.24) is 25.3 Å². The van der Waals surface area contributed by atoms with Crippen molar-refractivity contribution in [3.8, 4) is 0 Å². The van der Waals surface area contributed by atoms with Crippen LogP contribution in [-0.2, 0) is 6.42 Å². The first-order chi connectivity index (χ1) is 12.0. The molecule has 1 atom stereocenters. The summed E-state index contributed by atoms with van der Waals surface area (Å²) in [5.74, 6) is 1.53. The van der Waals surface area contributed by atoms with Crippen molar-refractivity contribution in [1.29, 1.82) is 0 Å². The van der Waals surface area contributed by atoms with Crippen molar-refractivity contribution < 1.29 is 9.32 Å². The maximum absolute atomic E-state index is 12.5. The van der Waals surface area contributed by atoms with Gasteiger partial charge in [-0.2, -0.15) is 0 Å². The summed E-state index contributed by atoms with van der Waals surface area (Å²) in [7, 11) is 0. The van der Waals surface area contributed by atoms with E-state index in [1.54, 1.807) is 18.5 Å². The molecule has 0 saturated carbocycles. The van der Waals surface area contributed by atoms with E-state index in [0.717, 1.165) is 30.1 Å². The molecule has 1 fully saturated rings. The maximum atomic E-state index is 12.5. The topological polar surface area (TPSA) is 87.4 Å². The summed E-state index contributed by atoms with van der Waals surface area (Å²) in [5.41, 5.74) is 1.95. The standard InChI is InChI=1S/C17H24N6O2/c1-12(11-15-13(2)21-25-14(15)3)20-17(24)23-9-7-22(8-10-23)16-18-5-4-6-19-16/h4-6,12H,7-11H2,1-3H3,(H,20,24). The van der Waals surface area contributed by atoms with Crippen LogP contribution in [0.25, 0.3) is 0 Å². The quantitative estimate of drug-likeness (QED) is 0.905. The maximum Gasteiger partial charge on any atom is 0.317 e. The largest absolute Gasteiger partial charge is 0.361 e. The third-order valence-corrected chi connectivity index (χ3v) is 4.46. The molecule has 1 aliphatic rings. The van der Waals surface area contributed by atoms with Crippen LogP contribution in [0.1, 0.15) is 23.9 Å². The van der Waals surface area contributed by atoms with Crippen molar-refractivity contribution in [3.05, 3.63) is 35.5 Å². The molecule has 0 aliphatic carbocycles. The smallest absolute Gasteiger partial charge is 0.317 e. The van der Waals surface area contributed by atoms with Gasteiger partial charge < -0.3 is 19.6 Å². The minimum Gasteiger partial charge on any atom is -0.361 e. The molecule has 8 heteroatoms. The van der Waals surface area contributed by atoms with Crippen LogP contribution in [0, 0.1) is 13.8 Å². The van der Waals surface area contributed by atoms with E-state index in [1.807, 2.05) is 25.7 Å². The first-order valence-electron chi connectivity index (χ1n) is 8.53. The molecule has 134 valence electrons. The van der Waals surface area contributed by atoms with E-state index in [4.69, 9.17) is 4.52 Å². The Labute approximate surface area is 147 Å². The lowest BCUT2D eigenvalue weighted by atomic mass is 10.1. The highest BCUT2D eigenvalue weighted by atomic mass is 16.5. The molecule has 2 amide bonds. The molecule has 3 heterocycles. The van der Waals surface area contributed by atoms with Crippen molar-refractivity contribution in [3.63, 3.8) is 0 Å². The molecule has 1 aliphatic heterocycles. The van der Waals surface area contributed by atoms with Crippen LogP contribution in [0.5, 0.6) is 0 Å². The molecule has 2 aromatic heterocycles. The van der Waals surface area contributed by atoms with Gasteiger partial charge in [0.1, 0.15) is 5.76 Å². The van der Waals surface area contributed by atoms with E-state index in [2.05, 4.69) is 25.3 Å². The summed E-state index contributed by atoms with van der Waals surface area (Å²) in [4.78, 5) is 24.9. The Hall–Kier alpha value is -2.64. The lowest BCUT2D eigenvalue weighted by Gasteiger charge is -2.35.